The number of rotatable bonds is 6. The van der Waals surface area contributed by atoms with Crippen LogP contribution in [-0.4, -0.2) is 13.2 Å². The van der Waals surface area contributed by atoms with Gasteiger partial charge in [0.05, 0.1) is 6.04 Å². The summed E-state index contributed by atoms with van der Waals surface area (Å²) in [6, 6.07) is 16.9. The van der Waals surface area contributed by atoms with Crippen LogP contribution in [0.1, 0.15) is 29.7 Å². The van der Waals surface area contributed by atoms with Gasteiger partial charge < -0.3 is 10.1 Å². The molecule has 0 fully saturated rings. The van der Waals surface area contributed by atoms with Crippen molar-refractivity contribution in [3.8, 4) is 5.75 Å². The minimum absolute atomic E-state index is 0.224. The summed E-state index contributed by atoms with van der Waals surface area (Å²) >= 11 is 0. The van der Waals surface area contributed by atoms with Crippen LogP contribution in [0.3, 0.4) is 0 Å². The van der Waals surface area contributed by atoms with Gasteiger partial charge in [0.2, 0.25) is 0 Å². The highest BCUT2D eigenvalue weighted by molar-refractivity contribution is 5.30. The molecular weight excluding hydrogens is 246 g/mol. The second-order valence-corrected chi connectivity index (χ2v) is 5.09. The zero-order valence-electron chi connectivity index (χ0n) is 12.5. The van der Waals surface area contributed by atoms with Crippen LogP contribution in [0.2, 0.25) is 0 Å². The van der Waals surface area contributed by atoms with Crippen LogP contribution in [0.25, 0.3) is 0 Å². The summed E-state index contributed by atoms with van der Waals surface area (Å²) in [5, 5.41) is 3.50. The molecule has 0 saturated heterocycles. The maximum atomic E-state index is 5.95. The van der Waals surface area contributed by atoms with E-state index in [0.29, 0.717) is 6.61 Å². The number of likely N-dealkylation sites (N-methyl/N-ethyl adjacent to an activating group) is 1. The maximum Gasteiger partial charge on any atom is 0.119 e. The third-order valence-corrected chi connectivity index (χ3v) is 3.42. The van der Waals surface area contributed by atoms with E-state index in [9.17, 15) is 0 Å². The first kappa shape index (κ1) is 14.6. The first-order valence-electron chi connectivity index (χ1n) is 7.19. The fourth-order valence-electron chi connectivity index (χ4n) is 2.37. The quantitative estimate of drug-likeness (QED) is 0.854. The largest absolute Gasteiger partial charge is 0.492 e. The van der Waals surface area contributed by atoms with E-state index in [1.54, 1.807) is 0 Å². The molecule has 2 rings (SSSR count). The second-order valence-electron chi connectivity index (χ2n) is 5.09. The van der Waals surface area contributed by atoms with E-state index in [1.807, 2.05) is 12.1 Å². The molecule has 0 aliphatic rings. The molecule has 0 heterocycles. The Morgan fingerprint density at radius 3 is 2.55 bits per heavy atom. The van der Waals surface area contributed by atoms with Gasteiger partial charge in [-0.3, -0.25) is 0 Å². The molecule has 0 aliphatic heterocycles. The Morgan fingerprint density at radius 2 is 1.85 bits per heavy atom. The highest BCUT2D eigenvalue weighted by Crippen LogP contribution is 2.20. The molecule has 2 aromatic rings. The normalized spacial score (nSPS) is 12.2. The number of nitrogens with one attached hydrogen (secondary N) is 1. The van der Waals surface area contributed by atoms with E-state index in [0.717, 1.165) is 12.3 Å². The lowest BCUT2D eigenvalue weighted by Gasteiger charge is -2.21. The molecule has 106 valence electrons. The number of aryl methyl sites for hydroxylation is 2. The molecular formula is C18H23NO. The molecule has 1 N–H and O–H groups in total. The standard InChI is InChI=1S/C18H23NO/c1-4-19-18(17-11-6-5-9-15(17)3)13-20-16-10-7-8-14(2)12-16/h5-12,18-19H,4,13H2,1-3H3. The highest BCUT2D eigenvalue weighted by atomic mass is 16.5. The lowest BCUT2D eigenvalue weighted by Crippen LogP contribution is -2.27. The number of benzene rings is 2. The summed E-state index contributed by atoms with van der Waals surface area (Å²) in [7, 11) is 0. The maximum absolute atomic E-state index is 5.95. The van der Waals surface area contributed by atoms with Gasteiger partial charge in [-0.15, -0.1) is 0 Å². The molecule has 0 radical (unpaired) electrons. The fraction of sp³-hybridized carbons (Fsp3) is 0.333. The lowest BCUT2D eigenvalue weighted by atomic mass is 10.0. The van der Waals surface area contributed by atoms with Crippen LogP contribution < -0.4 is 10.1 Å². The minimum atomic E-state index is 0.224. The van der Waals surface area contributed by atoms with Gasteiger partial charge in [-0.2, -0.15) is 0 Å². The second kappa shape index (κ2) is 7.11. The van der Waals surface area contributed by atoms with E-state index in [4.69, 9.17) is 4.74 Å². The van der Waals surface area contributed by atoms with Crippen LogP contribution in [0.5, 0.6) is 5.75 Å². The van der Waals surface area contributed by atoms with Crippen LogP contribution in [0, 0.1) is 13.8 Å². The summed E-state index contributed by atoms with van der Waals surface area (Å²) in [5.74, 6) is 0.932. The van der Waals surface area contributed by atoms with Crippen molar-refractivity contribution in [2.45, 2.75) is 26.8 Å². The monoisotopic (exact) mass is 269 g/mol. The zero-order valence-corrected chi connectivity index (χ0v) is 12.5. The fourth-order valence-corrected chi connectivity index (χ4v) is 2.37. The van der Waals surface area contributed by atoms with Gasteiger partial charge in [-0.05, 0) is 49.2 Å². The Hall–Kier alpha value is -1.80. The Balaban J connectivity index is 2.08. The van der Waals surface area contributed by atoms with Gasteiger partial charge in [-0.25, -0.2) is 0 Å². The smallest absolute Gasteiger partial charge is 0.119 e. The molecule has 2 nitrogen and oxygen atoms in total. The van der Waals surface area contributed by atoms with Gasteiger partial charge in [0.25, 0.3) is 0 Å². The molecule has 0 bridgehead atoms. The van der Waals surface area contributed by atoms with Crippen molar-refractivity contribution in [3.05, 3.63) is 65.2 Å². The Bertz CT molecular complexity index is 551. The summed E-state index contributed by atoms with van der Waals surface area (Å²) < 4.78 is 5.95. The number of hydrogen-bond donors (Lipinski definition) is 1. The van der Waals surface area contributed by atoms with Crippen molar-refractivity contribution >= 4 is 0 Å². The van der Waals surface area contributed by atoms with Crippen molar-refractivity contribution in [2.24, 2.45) is 0 Å². The van der Waals surface area contributed by atoms with Gasteiger partial charge in [0.1, 0.15) is 12.4 Å². The number of ether oxygens (including phenoxy) is 1. The van der Waals surface area contributed by atoms with Crippen molar-refractivity contribution in [2.75, 3.05) is 13.2 Å². The van der Waals surface area contributed by atoms with Crippen molar-refractivity contribution in [1.29, 1.82) is 0 Å². The van der Waals surface area contributed by atoms with Crippen LogP contribution >= 0.6 is 0 Å². The minimum Gasteiger partial charge on any atom is -0.492 e. The van der Waals surface area contributed by atoms with Gasteiger partial charge >= 0.3 is 0 Å². The van der Waals surface area contributed by atoms with Crippen LogP contribution in [0.4, 0.5) is 0 Å². The first-order chi connectivity index (χ1) is 9.70. The average Bonchev–Trinajstić information content (AvgIpc) is 2.44. The zero-order chi connectivity index (χ0) is 14.4. The third-order valence-electron chi connectivity index (χ3n) is 3.42. The van der Waals surface area contributed by atoms with Crippen LogP contribution in [-0.2, 0) is 0 Å². The van der Waals surface area contributed by atoms with Crippen molar-refractivity contribution < 1.29 is 4.74 Å². The van der Waals surface area contributed by atoms with Crippen LogP contribution in [0.15, 0.2) is 48.5 Å². The Labute approximate surface area is 121 Å². The molecule has 0 amide bonds. The molecule has 2 aromatic carbocycles. The van der Waals surface area contributed by atoms with E-state index >= 15 is 0 Å². The molecule has 0 aromatic heterocycles. The van der Waals surface area contributed by atoms with Gasteiger partial charge in [-0.1, -0.05) is 43.3 Å². The SMILES string of the molecule is CCNC(COc1cccc(C)c1)c1ccccc1C. The third kappa shape index (κ3) is 3.84. The van der Waals surface area contributed by atoms with E-state index in [-0.39, 0.29) is 6.04 Å². The number of hydrogen-bond acceptors (Lipinski definition) is 2. The Morgan fingerprint density at radius 1 is 1.05 bits per heavy atom. The predicted octanol–water partition coefficient (Wildman–Crippen LogP) is 4.03. The molecule has 0 saturated carbocycles. The Kier molecular flexibility index (Phi) is 5.19. The van der Waals surface area contributed by atoms with Gasteiger partial charge in [0.15, 0.2) is 0 Å². The topological polar surface area (TPSA) is 21.3 Å². The van der Waals surface area contributed by atoms with E-state index < -0.39 is 0 Å². The lowest BCUT2D eigenvalue weighted by molar-refractivity contribution is 0.267. The molecule has 2 heteroatoms. The van der Waals surface area contributed by atoms with E-state index in [2.05, 4.69) is 62.5 Å². The summed E-state index contributed by atoms with van der Waals surface area (Å²) in [6.07, 6.45) is 0. The van der Waals surface area contributed by atoms with Gasteiger partial charge in [0, 0.05) is 0 Å². The van der Waals surface area contributed by atoms with E-state index in [1.165, 1.54) is 16.7 Å². The summed E-state index contributed by atoms with van der Waals surface area (Å²) in [6.45, 7) is 7.92. The molecule has 0 aliphatic carbocycles. The average molecular weight is 269 g/mol. The van der Waals surface area contributed by atoms with Crippen molar-refractivity contribution in [1.82, 2.24) is 5.32 Å². The molecule has 1 unspecified atom stereocenters. The first-order valence-corrected chi connectivity index (χ1v) is 7.19. The predicted molar refractivity (Wildman–Crippen MR) is 84.3 cm³/mol. The van der Waals surface area contributed by atoms with Crippen molar-refractivity contribution in [3.63, 3.8) is 0 Å². The summed E-state index contributed by atoms with van der Waals surface area (Å²) in [4.78, 5) is 0. The molecule has 0 spiro atoms. The highest BCUT2D eigenvalue weighted by Gasteiger charge is 2.13. The summed E-state index contributed by atoms with van der Waals surface area (Å²) in [5.41, 5.74) is 3.83. The molecule has 20 heavy (non-hydrogen) atoms. The molecule has 1 atom stereocenters.